The second-order valence-electron chi connectivity index (χ2n) is 5.30. The fraction of sp³-hybridized carbons (Fsp3) is 0.111. The molecule has 116 valence electrons. The van der Waals surface area contributed by atoms with E-state index >= 15 is 0 Å². The van der Waals surface area contributed by atoms with Gasteiger partial charge in [0.15, 0.2) is 6.29 Å². The van der Waals surface area contributed by atoms with Crippen LogP contribution >= 0.6 is 15.9 Å². The van der Waals surface area contributed by atoms with Crippen molar-refractivity contribution in [2.45, 2.75) is 13.0 Å². The minimum atomic E-state index is -0.615. The van der Waals surface area contributed by atoms with Crippen molar-refractivity contribution in [1.29, 1.82) is 0 Å². The van der Waals surface area contributed by atoms with E-state index in [1.54, 1.807) is 42.0 Å². The number of rotatable bonds is 4. The lowest BCUT2D eigenvalue weighted by atomic mass is 10.1. The maximum absolute atomic E-state index is 14.3. The number of hydrogen-bond donors (Lipinski definition) is 0. The summed E-state index contributed by atoms with van der Waals surface area (Å²) in [4.78, 5) is 23.1. The number of carbonyl (C=O) groups excluding carboxylic acids is 2. The predicted molar refractivity (Wildman–Crippen MR) is 90.2 cm³/mol. The van der Waals surface area contributed by atoms with Crippen molar-refractivity contribution in [3.63, 3.8) is 0 Å². The van der Waals surface area contributed by atoms with Crippen LogP contribution in [0.5, 0.6) is 0 Å². The van der Waals surface area contributed by atoms with Crippen LogP contribution in [0.3, 0.4) is 0 Å². The number of aromatic nitrogens is 1. The lowest BCUT2D eigenvalue weighted by molar-refractivity contribution is -0.104. The summed E-state index contributed by atoms with van der Waals surface area (Å²) in [6, 6.07) is 11.7. The van der Waals surface area contributed by atoms with E-state index in [1.165, 1.54) is 6.07 Å². The third-order valence-corrected chi connectivity index (χ3v) is 4.42. The Labute approximate surface area is 140 Å². The average molecular weight is 374 g/mol. The molecule has 3 nitrogen and oxygen atoms in total. The van der Waals surface area contributed by atoms with Crippen molar-refractivity contribution in [2.75, 3.05) is 0 Å². The van der Waals surface area contributed by atoms with Gasteiger partial charge in [0, 0.05) is 27.0 Å². The molecule has 0 fully saturated rings. The standard InChI is InChI=1S/C18H13BrFNO2/c1-11(14-7-6-13(19)8-16(14)20)21-9-12-4-2-3-5-15(12)18(21)17(23)10-22/h2-11H,1H3. The van der Waals surface area contributed by atoms with Gasteiger partial charge in [0.2, 0.25) is 5.78 Å². The van der Waals surface area contributed by atoms with Crippen LogP contribution in [-0.4, -0.2) is 16.6 Å². The Bertz CT molecular complexity index is 917. The van der Waals surface area contributed by atoms with Gasteiger partial charge >= 0.3 is 0 Å². The highest BCUT2D eigenvalue weighted by molar-refractivity contribution is 9.10. The molecule has 0 aliphatic carbocycles. The maximum Gasteiger partial charge on any atom is 0.242 e. The number of Topliss-reactive ketones (excluding diaryl/α,β-unsaturated/α-hetero) is 1. The number of nitrogens with zero attached hydrogens (tertiary/aromatic N) is 1. The molecule has 0 amide bonds. The molecule has 2 aromatic carbocycles. The van der Waals surface area contributed by atoms with Crippen molar-refractivity contribution >= 4 is 38.8 Å². The number of hydrogen-bond acceptors (Lipinski definition) is 2. The van der Waals surface area contributed by atoms with Gasteiger partial charge in [0.25, 0.3) is 0 Å². The van der Waals surface area contributed by atoms with Crippen molar-refractivity contribution in [2.24, 2.45) is 0 Å². The molecule has 0 bridgehead atoms. The van der Waals surface area contributed by atoms with Crippen molar-refractivity contribution in [1.82, 2.24) is 4.57 Å². The zero-order chi connectivity index (χ0) is 16.6. The van der Waals surface area contributed by atoms with Crippen LogP contribution in [-0.2, 0) is 4.79 Å². The smallest absolute Gasteiger partial charge is 0.242 e. The van der Waals surface area contributed by atoms with Crippen LogP contribution < -0.4 is 0 Å². The molecule has 0 spiro atoms. The number of aldehydes is 1. The third kappa shape index (κ3) is 2.72. The Morgan fingerprint density at radius 1 is 1.26 bits per heavy atom. The molecule has 5 heteroatoms. The minimum Gasteiger partial charge on any atom is -0.336 e. The van der Waals surface area contributed by atoms with Gasteiger partial charge in [-0.25, -0.2) is 4.39 Å². The molecule has 1 aromatic heterocycles. The molecular weight excluding hydrogens is 361 g/mol. The lowest BCUT2D eigenvalue weighted by Crippen LogP contribution is -2.15. The van der Waals surface area contributed by atoms with Gasteiger partial charge in [-0.15, -0.1) is 0 Å². The first kappa shape index (κ1) is 15.6. The Balaban J connectivity index is 2.22. The van der Waals surface area contributed by atoms with Crippen LogP contribution in [0.1, 0.15) is 29.0 Å². The molecule has 3 aromatic rings. The Morgan fingerprint density at radius 3 is 2.70 bits per heavy atom. The number of benzene rings is 2. The minimum absolute atomic E-state index is 0.283. The van der Waals surface area contributed by atoms with Gasteiger partial charge in [-0.3, -0.25) is 9.59 Å². The first-order valence-electron chi connectivity index (χ1n) is 7.07. The molecule has 0 saturated heterocycles. The second kappa shape index (κ2) is 6.08. The molecule has 1 atom stereocenters. The normalized spacial score (nSPS) is 12.3. The van der Waals surface area contributed by atoms with E-state index < -0.39 is 11.8 Å². The molecule has 0 radical (unpaired) electrons. The highest BCUT2D eigenvalue weighted by Gasteiger charge is 2.22. The molecule has 0 N–H and O–H groups in total. The molecule has 0 aliphatic rings. The van der Waals surface area contributed by atoms with Crippen LogP contribution in [0.25, 0.3) is 10.8 Å². The third-order valence-electron chi connectivity index (χ3n) is 3.92. The van der Waals surface area contributed by atoms with Gasteiger partial charge in [0.1, 0.15) is 11.5 Å². The molecule has 0 aliphatic heterocycles. The number of ketones is 1. The van der Waals surface area contributed by atoms with Crippen molar-refractivity contribution in [3.05, 3.63) is 70.2 Å². The molecule has 1 unspecified atom stereocenters. The Morgan fingerprint density at radius 2 is 2.00 bits per heavy atom. The zero-order valence-electron chi connectivity index (χ0n) is 12.3. The summed E-state index contributed by atoms with van der Waals surface area (Å²) in [5.41, 5.74) is 0.735. The molecule has 23 heavy (non-hydrogen) atoms. The van der Waals surface area contributed by atoms with Gasteiger partial charge in [0.05, 0.1) is 6.04 Å². The van der Waals surface area contributed by atoms with Gasteiger partial charge in [-0.05, 0) is 19.1 Å². The van der Waals surface area contributed by atoms with E-state index in [1.807, 2.05) is 12.1 Å². The number of halogens is 2. The van der Waals surface area contributed by atoms with E-state index in [0.29, 0.717) is 21.7 Å². The van der Waals surface area contributed by atoms with E-state index in [-0.39, 0.29) is 11.5 Å². The van der Waals surface area contributed by atoms with E-state index in [9.17, 15) is 14.0 Å². The summed E-state index contributed by atoms with van der Waals surface area (Å²) in [6.45, 7) is 1.80. The van der Waals surface area contributed by atoms with Gasteiger partial charge < -0.3 is 4.57 Å². The summed E-state index contributed by atoms with van der Waals surface area (Å²) in [6.07, 6.45) is 2.07. The first-order valence-corrected chi connectivity index (χ1v) is 7.86. The van der Waals surface area contributed by atoms with E-state index in [2.05, 4.69) is 15.9 Å². The molecule has 0 saturated carbocycles. The highest BCUT2D eigenvalue weighted by Crippen LogP contribution is 2.30. The molecular formula is C18H13BrFNO2. The fourth-order valence-electron chi connectivity index (χ4n) is 2.79. The molecule has 1 heterocycles. The van der Waals surface area contributed by atoms with Crippen molar-refractivity contribution < 1.29 is 14.0 Å². The summed E-state index contributed by atoms with van der Waals surface area (Å²) in [5.74, 6) is -0.982. The zero-order valence-corrected chi connectivity index (χ0v) is 13.9. The van der Waals surface area contributed by atoms with Crippen LogP contribution in [0.2, 0.25) is 0 Å². The van der Waals surface area contributed by atoms with E-state index in [4.69, 9.17) is 0 Å². The van der Waals surface area contributed by atoms with E-state index in [0.717, 1.165) is 5.39 Å². The maximum atomic E-state index is 14.3. The summed E-state index contributed by atoms with van der Waals surface area (Å²) < 4.78 is 16.6. The average Bonchev–Trinajstić information content (AvgIpc) is 2.93. The first-order chi connectivity index (χ1) is 11.0. The largest absolute Gasteiger partial charge is 0.336 e. The summed E-state index contributed by atoms with van der Waals surface area (Å²) in [7, 11) is 0. The summed E-state index contributed by atoms with van der Waals surface area (Å²) in [5, 5.41) is 1.52. The highest BCUT2D eigenvalue weighted by atomic mass is 79.9. The molecule has 3 rings (SSSR count). The summed E-state index contributed by atoms with van der Waals surface area (Å²) >= 11 is 3.23. The topological polar surface area (TPSA) is 39.1 Å². The Hall–Kier alpha value is -2.27. The fourth-order valence-corrected chi connectivity index (χ4v) is 3.12. The SMILES string of the molecule is CC(c1ccc(Br)cc1F)n1cc2ccccc2c1C(=O)C=O. The monoisotopic (exact) mass is 373 g/mol. The quantitative estimate of drug-likeness (QED) is 0.382. The second-order valence-corrected chi connectivity index (χ2v) is 6.21. The van der Waals surface area contributed by atoms with Crippen LogP contribution in [0.15, 0.2) is 53.1 Å². The number of carbonyl (C=O) groups is 2. The number of fused-ring (bicyclic) bond motifs is 1. The lowest BCUT2D eigenvalue weighted by Gasteiger charge is -2.17. The van der Waals surface area contributed by atoms with Crippen LogP contribution in [0, 0.1) is 5.82 Å². The van der Waals surface area contributed by atoms with Gasteiger partial charge in [-0.2, -0.15) is 0 Å². The predicted octanol–water partition coefficient (Wildman–Crippen LogP) is 4.53. The van der Waals surface area contributed by atoms with Crippen molar-refractivity contribution in [3.8, 4) is 0 Å². The Kier molecular flexibility index (Phi) is 4.13. The van der Waals surface area contributed by atoms with Gasteiger partial charge in [-0.1, -0.05) is 46.3 Å². The van der Waals surface area contributed by atoms with Crippen LogP contribution in [0.4, 0.5) is 4.39 Å².